The first kappa shape index (κ1) is 21.5. The Labute approximate surface area is 176 Å². The van der Waals surface area contributed by atoms with Crippen LogP contribution in [0.2, 0.25) is 0 Å². The van der Waals surface area contributed by atoms with Gasteiger partial charge in [0, 0.05) is 24.9 Å². The van der Waals surface area contributed by atoms with E-state index in [1.165, 1.54) is 12.1 Å². The molecule has 2 aromatic rings. The van der Waals surface area contributed by atoms with Crippen LogP contribution in [0, 0.1) is 11.2 Å². The number of hydrogen-bond acceptors (Lipinski definition) is 5. The molecule has 30 heavy (non-hydrogen) atoms. The molecule has 158 valence electrons. The fourth-order valence-corrected chi connectivity index (χ4v) is 3.53. The van der Waals surface area contributed by atoms with Crippen LogP contribution in [-0.2, 0) is 6.54 Å². The molecule has 1 fully saturated rings. The molecule has 1 saturated heterocycles. The molecule has 1 aliphatic rings. The molecule has 0 spiro atoms. The highest BCUT2D eigenvalue weighted by Gasteiger charge is 2.27. The number of halogens is 1. The second kappa shape index (κ2) is 9.54. The lowest BCUT2D eigenvalue weighted by molar-refractivity contribution is 0.1000. The largest absolute Gasteiger partial charge is 0.454 e. The van der Waals surface area contributed by atoms with Crippen molar-refractivity contribution in [1.82, 2.24) is 10.2 Å². The zero-order valence-corrected chi connectivity index (χ0v) is 17.2. The second-order valence-electron chi connectivity index (χ2n) is 7.42. The summed E-state index contributed by atoms with van der Waals surface area (Å²) in [5.41, 5.74) is 7.95. The van der Waals surface area contributed by atoms with Gasteiger partial charge in [0.2, 0.25) is 5.91 Å². The van der Waals surface area contributed by atoms with Crippen LogP contribution in [0.4, 0.5) is 4.39 Å². The number of ether oxygens (including phenoxy) is 1. The Bertz CT molecular complexity index is 956. The molecule has 1 amide bonds. The van der Waals surface area contributed by atoms with Crippen LogP contribution >= 0.6 is 0 Å². The van der Waals surface area contributed by atoms with Crippen molar-refractivity contribution in [2.24, 2.45) is 5.73 Å². The lowest BCUT2D eigenvalue weighted by Crippen LogP contribution is -2.34. The summed E-state index contributed by atoms with van der Waals surface area (Å²) in [5.74, 6) is -0.788. The van der Waals surface area contributed by atoms with Gasteiger partial charge in [0.25, 0.3) is 0 Å². The molecule has 0 aromatic heterocycles. The predicted octanol–water partition coefficient (Wildman–Crippen LogP) is 3.82. The summed E-state index contributed by atoms with van der Waals surface area (Å²) in [6, 6.07) is 11.5. The average Bonchev–Trinajstić information content (AvgIpc) is 3.19. The number of rotatable bonds is 8. The van der Waals surface area contributed by atoms with Crippen LogP contribution in [-0.4, -0.2) is 36.2 Å². The first-order chi connectivity index (χ1) is 14.4. The van der Waals surface area contributed by atoms with Crippen molar-refractivity contribution in [3.05, 3.63) is 71.2 Å². The number of likely N-dealkylation sites (tertiary alicyclic amines) is 1. The number of nitrogens with one attached hydrogen (secondary N) is 2. The van der Waals surface area contributed by atoms with E-state index in [0.717, 1.165) is 43.3 Å². The van der Waals surface area contributed by atoms with Gasteiger partial charge in [0.15, 0.2) is 11.6 Å². The fraction of sp³-hybridized carbons (Fsp3) is 0.304. The Balaban J connectivity index is 1.64. The molecule has 6 nitrogen and oxygen atoms in total. The quantitative estimate of drug-likeness (QED) is 0.577. The number of benzene rings is 2. The van der Waals surface area contributed by atoms with E-state index in [4.69, 9.17) is 15.9 Å². The molecule has 3 rings (SSSR count). The van der Waals surface area contributed by atoms with Gasteiger partial charge in [-0.1, -0.05) is 12.1 Å². The van der Waals surface area contributed by atoms with Gasteiger partial charge in [-0.15, -0.1) is 0 Å². The summed E-state index contributed by atoms with van der Waals surface area (Å²) in [6.45, 7) is 3.65. The summed E-state index contributed by atoms with van der Waals surface area (Å²) in [6.07, 6.45) is 3.94. The molecule has 1 unspecified atom stereocenters. The molecule has 4 N–H and O–H groups in total. The molecule has 0 radical (unpaired) electrons. The number of carbonyl (C=O) groups is 1. The van der Waals surface area contributed by atoms with Gasteiger partial charge >= 0.3 is 0 Å². The molecular weight excluding hydrogens is 383 g/mol. The monoisotopic (exact) mass is 410 g/mol. The van der Waals surface area contributed by atoms with Gasteiger partial charge in [0.1, 0.15) is 5.75 Å². The van der Waals surface area contributed by atoms with Crippen LogP contribution in [0.5, 0.6) is 11.5 Å². The van der Waals surface area contributed by atoms with Gasteiger partial charge in [0.05, 0.1) is 11.8 Å². The highest BCUT2D eigenvalue weighted by atomic mass is 19.1. The normalized spacial score (nSPS) is 17.0. The first-order valence-electron chi connectivity index (χ1n) is 9.92. The molecule has 0 saturated carbocycles. The Hall–Kier alpha value is -3.19. The lowest BCUT2D eigenvalue weighted by Gasteiger charge is -2.24. The van der Waals surface area contributed by atoms with E-state index in [1.807, 2.05) is 32.2 Å². The highest BCUT2D eigenvalue weighted by molar-refractivity contribution is 5.97. The first-order valence-corrected chi connectivity index (χ1v) is 9.92. The molecule has 2 aromatic carbocycles. The van der Waals surface area contributed by atoms with E-state index >= 15 is 0 Å². The maximum absolute atomic E-state index is 14.1. The molecule has 0 aliphatic carbocycles. The molecule has 1 aliphatic heterocycles. The number of amides is 1. The van der Waals surface area contributed by atoms with E-state index in [2.05, 4.69) is 10.2 Å². The third-order valence-corrected chi connectivity index (χ3v) is 5.24. The van der Waals surface area contributed by atoms with E-state index in [1.54, 1.807) is 12.1 Å². The number of nitrogens with zero attached hydrogens (tertiary/aromatic N) is 1. The van der Waals surface area contributed by atoms with Crippen molar-refractivity contribution >= 4 is 11.6 Å². The van der Waals surface area contributed by atoms with Crippen molar-refractivity contribution in [3.8, 4) is 11.5 Å². The zero-order valence-electron chi connectivity index (χ0n) is 17.2. The molecule has 7 heteroatoms. The third kappa shape index (κ3) is 5.24. The molecular formula is C23H27FN4O2. The number of nitrogens with two attached hydrogens (primary N) is 1. The second-order valence-corrected chi connectivity index (χ2v) is 7.42. The minimum absolute atomic E-state index is 0.0347. The maximum atomic E-state index is 14.1. The van der Waals surface area contributed by atoms with Gasteiger partial charge in [-0.05, 0) is 68.3 Å². The number of hydrogen-bond donors (Lipinski definition) is 3. The van der Waals surface area contributed by atoms with E-state index in [-0.39, 0.29) is 17.4 Å². The topological polar surface area (TPSA) is 91.4 Å². The van der Waals surface area contributed by atoms with Crippen molar-refractivity contribution in [1.29, 1.82) is 5.41 Å². The Morgan fingerprint density at radius 3 is 2.70 bits per heavy atom. The van der Waals surface area contributed by atoms with Crippen molar-refractivity contribution in [3.63, 3.8) is 0 Å². The van der Waals surface area contributed by atoms with Crippen molar-refractivity contribution in [2.75, 3.05) is 13.6 Å². The fourth-order valence-electron chi connectivity index (χ4n) is 3.53. The molecule has 0 bridgehead atoms. The maximum Gasteiger partial charge on any atom is 0.248 e. The van der Waals surface area contributed by atoms with Gasteiger partial charge in [-0.25, -0.2) is 4.39 Å². The number of primary amides is 1. The smallest absolute Gasteiger partial charge is 0.248 e. The zero-order chi connectivity index (χ0) is 21.7. The third-order valence-electron chi connectivity index (χ3n) is 5.24. The van der Waals surface area contributed by atoms with E-state index in [0.29, 0.717) is 11.5 Å². The summed E-state index contributed by atoms with van der Waals surface area (Å²) < 4.78 is 19.7. The predicted molar refractivity (Wildman–Crippen MR) is 115 cm³/mol. The van der Waals surface area contributed by atoms with Crippen LogP contribution in [0.1, 0.15) is 35.7 Å². The van der Waals surface area contributed by atoms with Crippen LogP contribution in [0.25, 0.3) is 0 Å². The van der Waals surface area contributed by atoms with Crippen LogP contribution in [0.3, 0.4) is 0 Å². The van der Waals surface area contributed by atoms with Crippen LogP contribution in [0.15, 0.2) is 54.2 Å². The highest BCUT2D eigenvalue weighted by Crippen LogP contribution is 2.27. The number of allylic oxidation sites excluding steroid dienone is 1. The standard InChI is InChI=1S/C23H27FN4O2/c1-15(27-2)12-20(25)21-4-3-11-28(21)14-16-5-8-18(9-6-16)30-22-10-7-17(23(26)29)13-19(22)24/h5-10,12-13,21,25,27H,3-4,11,14H2,1-2H3,(H2,26,29)/b15-12-,25-20?. The Kier molecular flexibility index (Phi) is 6.84. The van der Waals surface area contributed by atoms with E-state index < -0.39 is 11.7 Å². The summed E-state index contributed by atoms with van der Waals surface area (Å²) in [4.78, 5) is 13.4. The van der Waals surface area contributed by atoms with E-state index in [9.17, 15) is 9.18 Å². The summed E-state index contributed by atoms with van der Waals surface area (Å²) in [7, 11) is 1.85. The van der Waals surface area contributed by atoms with Gasteiger partial charge < -0.3 is 21.2 Å². The summed E-state index contributed by atoms with van der Waals surface area (Å²) >= 11 is 0. The minimum Gasteiger partial charge on any atom is -0.454 e. The molecule has 1 heterocycles. The Morgan fingerprint density at radius 2 is 2.07 bits per heavy atom. The van der Waals surface area contributed by atoms with Gasteiger partial charge in [-0.3, -0.25) is 9.69 Å². The van der Waals surface area contributed by atoms with Crippen molar-refractivity contribution in [2.45, 2.75) is 32.4 Å². The van der Waals surface area contributed by atoms with Crippen molar-refractivity contribution < 1.29 is 13.9 Å². The average molecular weight is 410 g/mol. The Morgan fingerprint density at radius 1 is 1.33 bits per heavy atom. The number of carbonyl (C=O) groups excluding carboxylic acids is 1. The summed E-state index contributed by atoms with van der Waals surface area (Å²) in [5, 5.41) is 11.5. The molecule has 1 atom stereocenters. The van der Waals surface area contributed by atoms with Crippen LogP contribution < -0.4 is 15.8 Å². The van der Waals surface area contributed by atoms with Gasteiger partial charge in [-0.2, -0.15) is 0 Å². The SMILES string of the molecule is CN/C(C)=C\C(=N)C1CCCN1Cc1ccc(Oc2ccc(C(N)=O)cc2F)cc1. The lowest BCUT2D eigenvalue weighted by atomic mass is 10.1. The minimum atomic E-state index is -0.685.